The second kappa shape index (κ2) is 10.9. The quantitative estimate of drug-likeness (QED) is 0.258. The van der Waals surface area contributed by atoms with Gasteiger partial charge < -0.3 is 23.8 Å². The lowest BCUT2D eigenvalue weighted by Crippen LogP contribution is -2.43. The Morgan fingerprint density at radius 1 is 1.32 bits per heavy atom. The Bertz CT molecular complexity index is 863. The Morgan fingerprint density at radius 2 is 1.97 bits per heavy atom. The first kappa shape index (κ1) is 28.5. The first-order valence-electron chi connectivity index (χ1n) is 12.1. The van der Waals surface area contributed by atoms with E-state index < -0.39 is 31.9 Å². The van der Waals surface area contributed by atoms with Gasteiger partial charge in [-0.3, -0.25) is 4.79 Å². The van der Waals surface area contributed by atoms with E-state index in [1.54, 1.807) is 0 Å². The maximum absolute atomic E-state index is 14.0. The third-order valence-electron chi connectivity index (χ3n) is 7.03. The summed E-state index contributed by atoms with van der Waals surface area (Å²) in [4.78, 5) is 24.2. The first-order valence-corrected chi connectivity index (χ1v) is 15.0. The number of aliphatic hydroxyl groups excluding tert-OH is 1. The number of esters is 1. The normalized spacial score (nSPS) is 23.2. The highest BCUT2D eigenvalue weighted by Gasteiger charge is 2.60. The number of hydrogen-bond donors (Lipinski definition) is 1. The second-order valence-electron chi connectivity index (χ2n) is 11.3. The van der Waals surface area contributed by atoms with Crippen LogP contribution in [-0.4, -0.2) is 44.0 Å². The topological polar surface area (TPSA) is 82.1 Å². The number of carbonyl (C=O) groups is 2. The van der Waals surface area contributed by atoms with Crippen LogP contribution in [0.3, 0.4) is 0 Å². The van der Waals surface area contributed by atoms with Crippen LogP contribution in [0.4, 0.5) is 4.39 Å². The summed E-state index contributed by atoms with van der Waals surface area (Å²) in [6.45, 7) is 16.3. The highest BCUT2D eigenvalue weighted by Crippen LogP contribution is 2.57. The predicted molar refractivity (Wildman–Crippen MR) is 132 cm³/mol. The van der Waals surface area contributed by atoms with Crippen molar-refractivity contribution in [2.24, 2.45) is 11.8 Å². The van der Waals surface area contributed by atoms with Crippen molar-refractivity contribution in [1.82, 2.24) is 0 Å². The monoisotopic (exact) mass is 496 g/mol. The minimum absolute atomic E-state index is 0.0950. The second-order valence-corrected chi connectivity index (χ2v) is 15.8. The third-order valence-corrected chi connectivity index (χ3v) is 11.4. The number of halogens is 1. The number of rotatable bonds is 10. The maximum Gasteiger partial charge on any atom is 0.309 e. The summed E-state index contributed by atoms with van der Waals surface area (Å²) in [7, 11) is -2.24. The van der Waals surface area contributed by atoms with Crippen molar-refractivity contribution >= 4 is 20.6 Å². The van der Waals surface area contributed by atoms with Gasteiger partial charge in [0.05, 0.1) is 18.1 Å². The van der Waals surface area contributed by atoms with Crippen molar-refractivity contribution in [2.75, 3.05) is 6.61 Å². The van der Waals surface area contributed by atoms with E-state index in [4.69, 9.17) is 13.9 Å². The molecular formula is C26H41FO6Si. The molecule has 0 bridgehead atoms. The summed E-state index contributed by atoms with van der Waals surface area (Å²) in [6, 6.07) is 3.86. The molecule has 192 valence electrons. The molecule has 4 unspecified atom stereocenters. The molecule has 4 atom stereocenters. The lowest BCUT2D eigenvalue weighted by molar-refractivity contribution is -0.164. The lowest BCUT2D eigenvalue weighted by Gasteiger charge is -2.39. The predicted octanol–water partition coefficient (Wildman–Crippen LogP) is 5.59. The van der Waals surface area contributed by atoms with Crippen LogP contribution in [0.1, 0.15) is 72.5 Å². The number of ether oxygens (including phenoxy) is 2. The van der Waals surface area contributed by atoms with Gasteiger partial charge in [0.15, 0.2) is 8.32 Å². The van der Waals surface area contributed by atoms with E-state index in [-0.39, 0.29) is 41.6 Å². The van der Waals surface area contributed by atoms with Crippen molar-refractivity contribution < 1.29 is 33.0 Å². The molecule has 0 aliphatic carbocycles. The van der Waals surface area contributed by atoms with Gasteiger partial charge in [0.25, 0.3) is 0 Å². The zero-order valence-corrected chi connectivity index (χ0v) is 22.8. The summed E-state index contributed by atoms with van der Waals surface area (Å²) < 4.78 is 32.4. The molecule has 8 heteroatoms. The van der Waals surface area contributed by atoms with Crippen LogP contribution < -0.4 is 4.74 Å². The largest absolute Gasteiger partial charge is 0.490 e. The van der Waals surface area contributed by atoms with Crippen molar-refractivity contribution in [3.63, 3.8) is 0 Å². The minimum Gasteiger partial charge on any atom is -0.490 e. The summed E-state index contributed by atoms with van der Waals surface area (Å²) in [5.74, 6) is -1.09. The lowest BCUT2D eigenvalue weighted by atomic mass is 9.76. The van der Waals surface area contributed by atoms with Gasteiger partial charge in [0.1, 0.15) is 30.1 Å². The van der Waals surface area contributed by atoms with Crippen molar-refractivity contribution in [1.29, 1.82) is 0 Å². The first-order chi connectivity index (χ1) is 15.6. The molecule has 1 aliphatic heterocycles. The van der Waals surface area contributed by atoms with Crippen molar-refractivity contribution in [3.05, 3.63) is 29.6 Å². The Morgan fingerprint density at radius 3 is 2.53 bits per heavy atom. The zero-order chi connectivity index (χ0) is 25.9. The SMILES string of the molecule is CCCC(C(=O)OC(C)(C)C)C1C(COc2cc(F)ccc2C(O)CC=O)O[Si](C)(C)C1(C)C. The van der Waals surface area contributed by atoms with E-state index in [1.807, 2.05) is 27.7 Å². The maximum atomic E-state index is 14.0. The Labute approximate surface area is 204 Å². The van der Waals surface area contributed by atoms with Crippen molar-refractivity contribution in [3.8, 4) is 5.75 Å². The zero-order valence-electron chi connectivity index (χ0n) is 21.8. The number of carbonyl (C=O) groups excluding carboxylic acids is 2. The van der Waals surface area contributed by atoms with Crippen molar-refractivity contribution in [2.45, 2.75) is 96.7 Å². The molecule has 34 heavy (non-hydrogen) atoms. The molecule has 1 fully saturated rings. The van der Waals surface area contributed by atoms with Crippen LogP contribution in [0.2, 0.25) is 18.1 Å². The van der Waals surface area contributed by atoms with Gasteiger partial charge in [-0.1, -0.05) is 27.2 Å². The molecule has 0 aromatic heterocycles. The van der Waals surface area contributed by atoms with Gasteiger partial charge in [-0.05, 0) is 57.5 Å². The molecule has 1 aromatic carbocycles. The summed E-state index contributed by atoms with van der Waals surface area (Å²) >= 11 is 0. The summed E-state index contributed by atoms with van der Waals surface area (Å²) in [5.41, 5.74) is -0.257. The van der Waals surface area contributed by atoms with Crippen LogP contribution in [0.15, 0.2) is 18.2 Å². The van der Waals surface area contributed by atoms with Crippen LogP contribution in [-0.2, 0) is 18.8 Å². The number of hydrogen-bond acceptors (Lipinski definition) is 6. The minimum atomic E-state index is -2.24. The third kappa shape index (κ3) is 6.46. The van der Waals surface area contributed by atoms with E-state index in [2.05, 4.69) is 26.9 Å². The standard InChI is InChI=1S/C26H41FO6Si/c1-9-10-19(24(30)32-25(2,3)4)23-22(33-34(7,8)26(23,5)6)16-31-21-15-17(27)11-12-18(21)20(29)13-14-28/h11-12,14-15,19-20,22-23,29H,9-10,13,16H2,1-8H3. The molecule has 1 aromatic rings. The van der Waals surface area contributed by atoms with Crippen LogP contribution >= 0.6 is 0 Å². The van der Waals surface area contributed by atoms with E-state index in [0.717, 1.165) is 6.42 Å². The number of aliphatic hydroxyl groups is 1. The average Bonchev–Trinajstić information content (AvgIpc) is 2.87. The van der Waals surface area contributed by atoms with Gasteiger partial charge >= 0.3 is 5.97 Å². The van der Waals surface area contributed by atoms with E-state index in [0.29, 0.717) is 18.3 Å². The summed E-state index contributed by atoms with van der Waals surface area (Å²) in [5, 5.41) is 10.1. The van der Waals surface area contributed by atoms with Gasteiger partial charge in [0, 0.05) is 24.0 Å². The summed E-state index contributed by atoms with van der Waals surface area (Å²) in [6.07, 6.45) is 0.481. The van der Waals surface area contributed by atoms with Crippen LogP contribution in [0, 0.1) is 17.7 Å². The molecule has 1 saturated heterocycles. The van der Waals surface area contributed by atoms with Crippen LogP contribution in [0.5, 0.6) is 5.75 Å². The van der Waals surface area contributed by atoms with Gasteiger partial charge in [-0.15, -0.1) is 0 Å². The Balaban J connectivity index is 2.39. The van der Waals surface area contributed by atoms with E-state index in [9.17, 15) is 19.1 Å². The highest BCUT2D eigenvalue weighted by molar-refractivity contribution is 6.75. The van der Waals surface area contributed by atoms with Crippen LogP contribution in [0.25, 0.3) is 0 Å². The van der Waals surface area contributed by atoms with Gasteiger partial charge in [0.2, 0.25) is 0 Å². The molecule has 0 spiro atoms. The molecule has 0 amide bonds. The smallest absolute Gasteiger partial charge is 0.309 e. The average molecular weight is 497 g/mol. The fourth-order valence-corrected chi connectivity index (χ4v) is 7.27. The Kier molecular flexibility index (Phi) is 9.10. The highest BCUT2D eigenvalue weighted by atomic mass is 28.4. The molecule has 1 aliphatic rings. The molecule has 0 radical (unpaired) electrons. The molecular weight excluding hydrogens is 455 g/mol. The van der Waals surface area contributed by atoms with E-state index >= 15 is 0 Å². The van der Waals surface area contributed by atoms with Gasteiger partial charge in [-0.2, -0.15) is 0 Å². The fourth-order valence-electron chi connectivity index (χ4n) is 4.80. The molecule has 2 rings (SSSR count). The Hall–Kier alpha value is -1.77. The molecule has 0 saturated carbocycles. The molecule has 6 nitrogen and oxygen atoms in total. The van der Waals surface area contributed by atoms with Gasteiger partial charge in [-0.25, -0.2) is 4.39 Å². The molecule has 1 heterocycles. The molecule has 1 N–H and O–H groups in total. The number of benzene rings is 1. The fraction of sp³-hybridized carbons (Fsp3) is 0.692. The number of aldehydes is 1. The van der Waals surface area contributed by atoms with E-state index in [1.165, 1.54) is 18.2 Å².